The van der Waals surface area contributed by atoms with E-state index in [1.807, 2.05) is 12.2 Å². The first-order valence-corrected chi connectivity index (χ1v) is 8.30. The van der Waals surface area contributed by atoms with Crippen LogP contribution in [-0.2, 0) is 0 Å². The van der Waals surface area contributed by atoms with Crippen LogP contribution in [-0.4, -0.2) is 34.2 Å². The molecule has 1 aromatic heterocycles. The fourth-order valence-corrected chi connectivity index (χ4v) is 3.44. The van der Waals surface area contributed by atoms with Gasteiger partial charge >= 0.3 is 0 Å². The standard InChI is InChI=1S/C16H20ClN3O/c17-13-3-1-12(2-4-13)16-18-15(19-21-16)11-7-9-20(10-8-11)14-5-6-14/h1,3,11,14H,2,4-10H2. The van der Waals surface area contributed by atoms with E-state index in [1.165, 1.54) is 25.9 Å². The van der Waals surface area contributed by atoms with Gasteiger partial charge in [-0.05, 0) is 57.7 Å². The summed E-state index contributed by atoms with van der Waals surface area (Å²) in [5.41, 5.74) is 1.11. The molecule has 4 rings (SSSR count). The molecule has 0 amide bonds. The van der Waals surface area contributed by atoms with Crippen molar-refractivity contribution < 1.29 is 4.52 Å². The summed E-state index contributed by atoms with van der Waals surface area (Å²) in [7, 11) is 0. The van der Waals surface area contributed by atoms with Crippen molar-refractivity contribution >= 4 is 17.2 Å². The fourth-order valence-electron chi connectivity index (χ4n) is 3.28. The molecule has 4 nitrogen and oxygen atoms in total. The number of hydrogen-bond donors (Lipinski definition) is 0. The Bertz CT molecular complexity index is 580. The van der Waals surface area contributed by atoms with E-state index in [9.17, 15) is 0 Å². The van der Waals surface area contributed by atoms with Crippen LogP contribution in [0.5, 0.6) is 0 Å². The zero-order valence-electron chi connectivity index (χ0n) is 12.1. The highest BCUT2D eigenvalue weighted by atomic mass is 35.5. The molecule has 0 spiro atoms. The average Bonchev–Trinajstić information content (AvgIpc) is 3.26. The maximum Gasteiger partial charge on any atom is 0.253 e. The van der Waals surface area contributed by atoms with E-state index in [-0.39, 0.29) is 0 Å². The molecule has 2 heterocycles. The second-order valence-corrected chi connectivity index (χ2v) is 6.79. The lowest BCUT2D eigenvalue weighted by atomic mass is 9.96. The zero-order valence-corrected chi connectivity index (χ0v) is 12.9. The number of allylic oxidation sites excluding steroid dienone is 4. The molecule has 0 aromatic carbocycles. The van der Waals surface area contributed by atoms with Crippen LogP contribution in [0, 0.1) is 0 Å². The van der Waals surface area contributed by atoms with Gasteiger partial charge in [0.2, 0.25) is 0 Å². The van der Waals surface area contributed by atoms with Gasteiger partial charge in [-0.3, -0.25) is 0 Å². The van der Waals surface area contributed by atoms with E-state index in [2.05, 4.69) is 15.0 Å². The van der Waals surface area contributed by atoms with Gasteiger partial charge in [-0.1, -0.05) is 22.8 Å². The van der Waals surface area contributed by atoms with Crippen LogP contribution in [0.3, 0.4) is 0 Å². The molecule has 0 bridgehead atoms. The third-order valence-electron chi connectivity index (χ3n) is 4.77. The summed E-state index contributed by atoms with van der Waals surface area (Å²) in [4.78, 5) is 7.25. The Balaban J connectivity index is 1.43. The summed E-state index contributed by atoms with van der Waals surface area (Å²) >= 11 is 5.99. The van der Waals surface area contributed by atoms with E-state index in [1.54, 1.807) is 0 Å². The number of piperidine rings is 1. The fraction of sp³-hybridized carbons (Fsp3) is 0.625. The highest BCUT2D eigenvalue weighted by Crippen LogP contribution is 2.34. The van der Waals surface area contributed by atoms with E-state index < -0.39 is 0 Å². The molecule has 1 aromatic rings. The van der Waals surface area contributed by atoms with Gasteiger partial charge < -0.3 is 9.42 Å². The monoisotopic (exact) mass is 305 g/mol. The van der Waals surface area contributed by atoms with Crippen molar-refractivity contribution in [2.45, 2.75) is 50.5 Å². The van der Waals surface area contributed by atoms with Gasteiger partial charge in [0.25, 0.3) is 5.89 Å². The Labute approximate surface area is 129 Å². The Morgan fingerprint density at radius 3 is 2.57 bits per heavy atom. The number of halogens is 1. The van der Waals surface area contributed by atoms with Crippen LogP contribution in [0.2, 0.25) is 0 Å². The normalized spacial score (nSPS) is 24.8. The van der Waals surface area contributed by atoms with Gasteiger partial charge in [0.1, 0.15) is 0 Å². The van der Waals surface area contributed by atoms with Crippen molar-refractivity contribution in [1.82, 2.24) is 15.0 Å². The molecule has 0 N–H and O–H groups in total. The number of likely N-dealkylation sites (tertiary alicyclic amines) is 1. The largest absolute Gasteiger partial charge is 0.334 e. The van der Waals surface area contributed by atoms with Crippen molar-refractivity contribution in [1.29, 1.82) is 0 Å². The molecule has 0 radical (unpaired) electrons. The molecule has 2 fully saturated rings. The molecule has 2 aliphatic carbocycles. The molecule has 21 heavy (non-hydrogen) atoms. The number of rotatable bonds is 3. The molecule has 5 heteroatoms. The molecule has 0 unspecified atom stereocenters. The Morgan fingerprint density at radius 2 is 1.90 bits per heavy atom. The van der Waals surface area contributed by atoms with E-state index in [4.69, 9.17) is 16.1 Å². The highest BCUT2D eigenvalue weighted by molar-refractivity contribution is 6.29. The smallest absolute Gasteiger partial charge is 0.253 e. The molecular weight excluding hydrogens is 286 g/mol. The number of aromatic nitrogens is 2. The second-order valence-electron chi connectivity index (χ2n) is 6.30. The third kappa shape index (κ3) is 2.92. The molecule has 3 aliphatic rings. The minimum Gasteiger partial charge on any atom is -0.334 e. The van der Waals surface area contributed by atoms with Crippen LogP contribution in [0.15, 0.2) is 21.7 Å². The summed E-state index contributed by atoms with van der Waals surface area (Å²) in [5.74, 6) is 2.03. The van der Waals surface area contributed by atoms with Gasteiger partial charge in [0.15, 0.2) is 5.82 Å². The van der Waals surface area contributed by atoms with Crippen molar-refractivity contribution in [3.05, 3.63) is 28.9 Å². The highest BCUT2D eigenvalue weighted by Gasteiger charge is 2.33. The van der Waals surface area contributed by atoms with Crippen molar-refractivity contribution in [3.63, 3.8) is 0 Å². The van der Waals surface area contributed by atoms with Crippen molar-refractivity contribution in [2.24, 2.45) is 0 Å². The van der Waals surface area contributed by atoms with E-state index >= 15 is 0 Å². The van der Waals surface area contributed by atoms with Crippen molar-refractivity contribution in [3.8, 4) is 0 Å². The Kier molecular flexibility index (Phi) is 3.59. The lowest BCUT2D eigenvalue weighted by molar-refractivity contribution is 0.199. The first-order chi connectivity index (χ1) is 10.3. The first kappa shape index (κ1) is 13.5. The minimum atomic E-state index is 0.459. The van der Waals surface area contributed by atoms with Gasteiger partial charge in [-0.15, -0.1) is 0 Å². The summed E-state index contributed by atoms with van der Waals surface area (Å²) < 4.78 is 5.46. The molecular formula is C16H20ClN3O. The lowest BCUT2D eigenvalue weighted by Crippen LogP contribution is -2.34. The molecule has 1 saturated heterocycles. The maximum atomic E-state index is 5.99. The van der Waals surface area contributed by atoms with Gasteiger partial charge in [0.05, 0.1) is 0 Å². The number of nitrogens with zero attached hydrogens (tertiary/aromatic N) is 3. The molecule has 112 valence electrons. The lowest BCUT2D eigenvalue weighted by Gasteiger charge is -2.30. The van der Waals surface area contributed by atoms with Crippen LogP contribution in [0.1, 0.15) is 56.2 Å². The average molecular weight is 306 g/mol. The van der Waals surface area contributed by atoms with Crippen LogP contribution in [0.25, 0.3) is 5.57 Å². The van der Waals surface area contributed by atoms with Crippen molar-refractivity contribution in [2.75, 3.05) is 13.1 Å². The van der Waals surface area contributed by atoms with E-state index in [0.717, 1.165) is 48.2 Å². The van der Waals surface area contributed by atoms with Crippen LogP contribution < -0.4 is 0 Å². The SMILES string of the molecule is ClC1=CC=C(c2nc(C3CCN(C4CC4)CC3)no2)CC1. The molecule has 1 saturated carbocycles. The quantitative estimate of drug-likeness (QED) is 0.853. The topological polar surface area (TPSA) is 42.2 Å². The van der Waals surface area contributed by atoms with Crippen LogP contribution in [0.4, 0.5) is 0 Å². The van der Waals surface area contributed by atoms with E-state index in [0.29, 0.717) is 11.8 Å². The maximum absolute atomic E-state index is 5.99. The Hall–Kier alpha value is -1.13. The molecule has 1 aliphatic heterocycles. The summed E-state index contributed by atoms with van der Waals surface area (Å²) in [6, 6.07) is 0.871. The first-order valence-electron chi connectivity index (χ1n) is 7.93. The third-order valence-corrected chi connectivity index (χ3v) is 5.09. The predicted molar refractivity (Wildman–Crippen MR) is 82.0 cm³/mol. The zero-order chi connectivity index (χ0) is 14.2. The van der Waals surface area contributed by atoms with Gasteiger partial charge in [0, 0.05) is 22.6 Å². The summed E-state index contributed by atoms with van der Waals surface area (Å²) in [5, 5.41) is 5.11. The predicted octanol–water partition coefficient (Wildman–Crippen LogP) is 3.71. The second kappa shape index (κ2) is 5.58. The minimum absolute atomic E-state index is 0.459. The number of hydrogen-bond acceptors (Lipinski definition) is 4. The van der Waals surface area contributed by atoms with Gasteiger partial charge in [-0.25, -0.2) is 0 Å². The summed E-state index contributed by atoms with van der Waals surface area (Å²) in [6.07, 6.45) is 10.8. The molecule has 0 atom stereocenters. The Morgan fingerprint density at radius 1 is 1.10 bits per heavy atom. The van der Waals surface area contributed by atoms with Gasteiger partial charge in [-0.2, -0.15) is 4.98 Å². The summed E-state index contributed by atoms with van der Waals surface area (Å²) in [6.45, 7) is 2.36. The van der Waals surface area contributed by atoms with Crippen LogP contribution >= 0.6 is 11.6 Å².